The van der Waals surface area contributed by atoms with E-state index in [0.717, 1.165) is 20.5 Å². The summed E-state index contributed by atoms with van der Waals surface area (Å²) in [4.78, 5) is 5.03. The summed E-state index contributed by atoms with van der Waals surface area (Å²) in [6, 6.07) is 14.7. The lowest BCUT2D eigenvalue weighted by atomic mass is 10.2. The van der Waals surface area contributed by atoms with Gasteiger partial charge in [0.1, 0.15) is 6.10 Å². The number of aliphatic hydroxyl groups is 1. The first-order valence-corrected chi connectivity index (χ1v) is 10.6. The van der Waals surface area contributed by atoms with Crippen LogP contribution in [0.5, 0.6) is 11.5 Å². The van der Waals surface area contributed by atoms with Crippen LogP contribution in [0.4, 0.5) is 8.78 Å². The maximum atomic E-state index is 12.5. The second-order valence-corrected chi connectivity index (χ2v) is 7.72. The summed E-state index contributed by atoms with van der Waals surface area (Å²) in [5.41, 5.74) is 0.804. The van der Waals surface area contributed by atoms with Crippen LogP contribution >= 0.6 is 11.3 Å². The Balaban J connectivity index is 1.56. The number of hydrogen-bond donors (Lipinski definition) is 3. The molecule has 0 fully saturated rings. The Kier molecular flexibility index (Phi) is 8.02. The van der Waals surface area contributed by atoms with Crippen molar-refractivity contribution in [1.29, 1.82) is 0 Å². The van der Waals surface area contributed by atoms with E-state index >= 15 is 0 Å². The number of aliphatic imine (C=N–C) groups is 1. The first-order chi connectivity index (χ1) is 15.0. The van der Waals surface area contributed by atoms with Gasteiger partial charge in [-0.25, -0.2) is 0 Å². The topological polar surface area (TPSA) is 75.1 Å². The third-order valence-electron chi connectivity index (χ3n) is 4.44. The number of hydrogen-bond acceptors (Lipinski definition) is 5. The summed E-state index contributed by atoms with van der Waals surface area (Å²) in [5, 5.41) is 17.9. The molecule has 3 aromatic rings. The van der Waals surface area contributed by atoms with Crippen LogP contribution in [0.2, 0.25) is 0 Å². The SMILES string of the molecule is CCOc1cc(CNC(=NC)NCC(O)c2cc3ccccc3s2)ccc1OC(F)F. The quantitative estimate of drug-likeness (QED) is 0.336. The zero-order valence-corrected chi connectivity index (χ0v) is 18.1. The van der Waals surface area contributed by atoms with E-state index in [1.54, 1.807) is 37.4 Å². The molecule has 0 saturated heterocycles. The number of guanidine groups is 1. The Bertz CT molecular complexity index is 993. The molecule has 2 aromatic carbocycles. The zero-order valence-electron chi connectivity index (χ0n) is 17.3. The molecule has 6 nitrogen and oxygen atoms in total. The fraction of sp³-hybridized carbons (Fsp3) is 0.318. The average molecular weight is 450 g/mol. The minimum Gasteiger partial charge on any atom is -0.490 e. The first kappa shape index (κ1) is 22.8. The molecular formula is C22H25F2N3O3S. The van der Waals surface area contributed by atoms with E-state index in [-0.39, 0.29) is 18.0 Å². The van der Waals surface area contributed by atoms with Crippen LogP contribution in [0.1, 0.15) is 23.5 Å². The van der Waals surface area contributed by atoms with Gasteiger partial charge in [-0.3, -0.25) is 4.99 Å². The molecule has 0 bridgehead atoms. The van der Waals surface area contributed by atoms with Crippen LogP contribution in [0.15, 0.2) is 53.5 Å². The van der Waals surface area contributed by atoms with Gasteiger partial charge in [0.15, 0.2) is 17.5 Å². The molecule has 0 aliphatic rings. The van der Waals surface area contributed by atoms with Gasteiger partial charge in [0.25, 0.3) is 0 Å². The number of benzene rings is 2. The fourth-order valence-corrected chi connectivity index (χ4v) is 4.04. The second kappa shape index (κ2) is 10.9. The summed E-state index contributed by atoms with van der Waals surface area (Å²) in [6.07, 6.45) is -0.675. The van der Waals surface area contributed by atoms with Crippen LogP contribution in [0.3, 0.4) is 0 Å². The Hall–Kier alpha value is -2.91. The maximum absolute atomic E-state index is 12.5. The molecule has 1 unspecified atom stereocenters. The van der Waals surface area contributed by atoms with Crippen molar-refractivity contribution in [3.63, 3.8) is 0 Å². The number of thiophene rings is 1. The van der Waals surface area contributed by atoms with Crippen molar-refractivity contribution in [3.8, 4) is 11.5 Å². The lowest BCUT2D eigenvalue weighted by molar-refractivity contribution is -0.0514. The van der Waals surface area contributed by atoms with Crippen LogP contribution in [-0.4, -0.2) is 37.9 Å². The highest BCUT2D eigenvalue weighted by Crippen LogP contribution is 2.30. The molecule has 31 heavy (non-hydrogen) atoms. The van der Waals surface area contributed by atoms with Gasteiger partial charge in [-0.2, -0.15) is 8.78 Å². The van der Waals surface area contributed by atoms with Gasteiger partial charge in [-0.05, 0) is 42.1 Å². The van der Waals surface area contributed by atoms with E-state index in [2.05, 4.69) is 20.4 Å². The smallest absolute Gasteiger partial charge is 0.387 e. The van der Waals surface area contributed by atoms with Crippen molar-refractivity contribution in [1.82, 2.24) is 10.6 Å². The number of rotatable bonds is 9. The van der Waals surface area contributed by atoms with Crippen molar-refractivity contribution in [2.45, 2.75) is 26.2 Å². The zero-order chi connectivity index (χ0) is 22.2. The summed E-state index contributed by atoms with van der Waals surface area (Å²) in [6.45, 7) is -0.149. The molecule has 0 spiro atoms. The van der Waals surface area contributed by atoms with Crippen molar-refractivity contribution >= 4 is 27.4 Å². The van der Waals surface area contributed by atoms with Crippen molar-refractivity contribution in [2.24, 2.45) is 4.99 Å². The Morgan fingerprint density at radius 1 is 1.13 bits per heavy atom. The Morgan fingerprint density at radius 3 is 2.65 bits per heavy atom. The molecule has 166 valence electrons. The van der Waals surface area contributed by atoms with Gasteiger partial charge < -0.3 is 25.2 Å². The standard InChI is InChI=1S/C22H25F2N3O3S/c1-3-29-18-10-14(8-9-17(18)30-21(23)24)12-26-22(25-2)27-13-16(28)20-11-15-6-4-5-7-19(15)31-20/h4-11,16,21,28H,3,12-13H2,1-2H3,(H2,25,26,27). The van der Waals surface area contributed by atoms with E-state index in [1.807, 2.05) is 30.3 Å². The van der Waals surface area contributed by atoms with Gasteiger partial charge in [-0.15, -0.1) is 11.3 Å². The van der Waals surface area contributed by atoms with Crippen LogP contribution in [0.25, 0.3) is 10.1 Å². The molecule has 0 radical (unpaired) electrons. The molecule has 3 N–H and O–H groups in total. The van der Waals surface area contributed by atoms with Gasteiger partial charge in [0, 0.05) is 29.7 Å². The average Bonchev–Trinajstić information content (AvgIpc) is 3.19. The number of nitrogens with zero attached hydrogens (tertiary/aromatic N) is 1. The molecule has 1 atom stereocenters. The molecule has 0 aliphatic heterocycles. The van der Waals surface area contributed by atoms with Gasteiger partial charge in [-0.1, -0.05) is 24.3 Å². The van der Waals surface area contributed by atoms with Gasteiger partial charge >= 0.3 is 6.61 Å². The Labute approximate surface area is 183 Å². The number of nitrogens with one attached hydrogen (secondary N) is 2. The van der Waals surface area contributed by atoms with Crippen LogP contribution < -0.4 is 20.1 Å². The van der Waals surface area contributed by atoms with E-state index in [0.29, 0.717) is 19.1 Å². The highest BCUT2D eigenvalue weighted by atomic mass is 32.1. The first-order valence-electron chi connectivity index (χ1n) is 9.81. The molecule has 0 saturated carbocycles. The van der Waals surface area contributed by atoms with E-state index < -0.39 is 12.7 Å². The van der Waals surface area contributed by atoms with E-state index in [9.17, 15) is 13.9 Å². The number of alkyl halides is 2. The monoisotopic (exact) mass is 449 g/mol. The number of ether oxygens (including phenoxy) is 2. The van der Waals surface area contributed by atoms with Gasteiger partial charge in [0.2, 0.25) is 0 Å². The molecule has 1 aromatic heterocycles. The summed E-state index contributed by atoms with van der Waals surface area (Å²) in [5.74, 6) is 0.755. The predicted octanol–water partition coefficient (Wildman–Crippen LogP) is 4.30. The summed E-state index contributed by atoms with van der Waals surface area (Å²) in [7, 11) is 1.63. The van der Waals surface area contributed by atoms with Crippen LogP contribution in [0, 0.1) is 0 Å². The Morgan fingerprint density at radius 2 is 1.94 bits per heavy atom. The van der Waals surface area contributed by atoms with Crippen molar-refractivity contribution in [2.75, 3.05) is 20.2 Å². The molecule has 0 aliphatic carbocycles. The summed E-state index contributed by atoms with van der Waals surface area (Å²) >= 11 is 1.56. The maximum Gasteiger partial charge on any atom is 0.387 e. The van der Waals surface area contributed by atoms with E-state index in [4.69, 9.17) is 4.74 Å². The van der Waals surface area contributed by atoms with Gasteiger partial charge in [0.05, 0.1) is 6.61 Å². The summed E-state index contributed by atoms with van der Waals surface area (Å²) < 4.78 is 36.1. The molecule has 0 amide bonds. The number of aliphatic hydroxyl groups excluding tert-OH is 1. The third kappa shape index (κ3) is 6.28. The minimum atomic E-state index is -2.92. The third-order valence-corrected chi connectivity index (χ3v) is 5.66. The van der Waals surface area contributed by atoms with Crippen LogP contribution in [-0.2, 0) is 6.54 Å². The highest BCUT2D eigenvalue weighted by Gasteiger charge is 2.14. The number of halogens is 2. The molecule has 1 heterocycles. The normalized spacial score (nSPS) is 12.8. The van der Waals surface area contributed by atoms with E-state index in [1.165, 1.54) is 6.07 Å². The fourth-order valence-electron chi connectivity index (χ4n) is 2.99. The van der Waals surface area contributed by atoms with Crippen molar-refractivity contribution in [3.05, 3.63) is 59.0 Å². The molecule has 3 rings (SSSR count). The number of fused-ring (bicyclic) bond motifs is 1. The highest BCUT2D eigenvalue weighted by molar-refractivity contribution is 7.19. The lowest BCUT2D eigenvalue weighted by Crippen LogP contribution is -2.38. The molecule has 9 heteroatoms. The molecular weight excluding hydrogens is 424 g/mol. The minimum absolute atomic E-state index is 0.00503. The largest absolute Gasteiger partial charge is 0.490 e. The predicted molar refractivity (Wildman–Crippen MR) is 119 cm³/mol. The van der Waals surface area contributed by atoms with Crippen molar-refractivity contribution < 1.29 is 23.4 Å². The lowest BCUT2D eigenvalue weighted by Gasteiger charge is -2.16. The second-order valence-electron chi connectivity index (χ2n) is 6.60.